The molecule has 1 saturated carbocycles. The van der Waals surface area contributed by atoms with Crippen molar-refractivity contribution in [3.05, 3.63) is 65.5 Å². The minimum absolute atomic E-state index is 0.160. The van der Waals surface area contributed by atoms with E-state index < -0.39 is 0 Å². The Morgan fingerprint density at radius 2 is 1.70 bits per heavy atom. The van der Waals surface area contributed by atoms with Gasteiger partial charge in [-0.2, -0.15) is 0 Å². The molecule has 2 aromatic rings. The summed E-state index contributed by atoms with van der Waals surface area (Å²) in [6.45, 7) is 3.58. The first-order valence-corrected chi connectivity index (χ1v) is 10.4. The molecule has 146 valence electrons. The van der Waals surface area contributed by atoms with Gasteiger partial charge in [0.1, 0.15) is 11.6 Å². The van der Waals surface area contributed by atoms with E-state index in [1.807, 2.05) is 30.3 Å². The number of rotatable bonds is 9. The Hall–Kier alpha value is -1.87. The van der Waals surface area contributed by atoms with Gasteiger partial charge in [0.05, 0.1) is 6.61 Å². The molecule has 1 unspecified atom stereocenters. The lowest BCUT2D eigenvalue weighted by atomic mass is 9.85. The molecule has 1 aliphatic rings. The average Bonchev–Trinajstić information content (AvgIpc) is 2.69. The summed E-state index contributed by atoms with van der Waals surface area (Å²) in [6, 6.07) is 15.6. The van der Waals surface area contributed by atoms with Crippen molar-refractivity contribution in [1.29, 1.82) is 0 Å². The topological polar surface area (TPSA) is 21.3 Å². The summed E-state index contributed by atoms with van der Waals surface area (Å²) in [5.41, 5.74) is 1.87. The molecule has 2 nitrogen and oxygen atoms in total. The summed E-state index contributed by atoms with van der Waals surface area (Å²) >= 11 is 0. The van der Waals surface area contributed by atoms with Gasteiger partial charge in [0.25, 0.3) is 0 Å². The van der Waals surface area contributed by atoms with Gasteiger partial charge in [-0.3, -0.25) is 0 Å². The van der Waals surface area contributed by atoms with Crippen molar-refractivity contribution >= 4 is 0 Å². The summed E-state index contributed by atoms with van der Waals surface area (Å²) in [6.07, 6.45) is 8.83. The van der Waals surface area contributed by atoms with Crippen LogP contribution in [-0.4, -0.2) is 12.6 Å². The molecule has 0 bridgehead atoms. The molecule has 0 spiro atoms. The smallest absolute Gasteiger partial charge is 0.126 e. The predicted molar refractivity (Wildman–Crippen MR) is 110 cm³/mol. The summed E-state index contributed by atoms with van der Waals surface area (Å²) in [4.78, 5) is 0. The molecule has 2 aromatic carbocycles. The van der Waals surface area contributed by atoms with Crippen LogP contribution < -0.4 is 10.1 Å². The van der Waals surface area contributed by atoms with E-state index in [4.69, 9.17) is 4.74 Å². The van der Waals surface area contributed by atoms with Crippen LogP contribution in [0.1, 0.15) is 56.6 Å². The van der Waals surface area contributed by atoms with E-state index >= 15 is 0 Å². The van der Waals surface area contributed by atoms with Crippen LogP contribution >= 0.6 is 0 Å². The molecule has 1 atom stereocenters. The zero-order valence-corrected chi connectivity index (χ0v) is 16.4. The van der Waals surface area contributed by atoms with Crippen LogP contribution in [0.25, 0.3) is 0 Å². The molecule has 0 amide bonds. The van der Waals surface area contributed by atoms with Crippen molar-refractivity contribution in [1.82, 2.24) is 5.32 Å². The van der Waals surface area contributed by atoms with Crippen LogP contribution in [0.3, 0.4) is 0 Å². The third kappa shape index (κ3) is 6.35. The lowest BCUT2D eigenvalue weighted by Gasteiger charge is -2.25. The van der Waals surface area contributed by atoms with Crippen molar-refractivity contribution in [2.75, 3.05) is 6.61 Å². The predicted octanol–water partition coefficient (Wildman–Crippen LogP) is 5.90. The number of hydrogen-bond acceptors (Lipinski definition) is 2. The molecule has 3 heteroatoms. The largest absolute Gasteiger partial charge is 0.493 e. The van der Waals surface area contributed by atoms with Gasteiger partial charge in [-0.25, -0.2) is 4.39 Å². The van der Waals surface area contributed by atoms with E-state index in [1.54, 1.807) is 6.07 Å². The summed E-state index contributed by atoms with van der Waals surface area (Å²) in [7, 11) is 0. The maximum absolute atomic E-state index is 13.7. The summed E-state index contributed by atoms with van der Waals surface area (Å²) in [5, 5.41) is 3.66. The maximum Gasteiger partial charge on any atom is 0.126 e. The molecule has 1 N–H and O–H groups in total. The Labute approximate surface area is 163 Å². The van der Waals surface area contributed by atoms with Crippen molar-refractivity contribution < 1.29 is 9.13 Å². The zero-order chi connectivity index (χ0) is 18.9. The Bertz CT molecular complexity index is 696. The number of nitrogens with one attached hydrogen (secondary N) is 1. The quantitative estimate of drug-likeness (QED) is 0.594. The Morgan fingerprint density at radius 3 is 2.48 bits per heavy atom. The van der Waals surface area contributed by atoms with Gasteiger partial charge in [0, 0.05) is 24.6 Å². The average molecular weight is 370 g/mol. The van der Waals surface area contributed by atoms with E-state index in [9.17, 15) is 4.39 Å². The molecular formula is C24H32FNO. The van der Waals surface area contributed by atoms with Crippen molar-refractivity contribution in [3.8, 4) is 5.75 Å². The number of para-hydroxylation sites is 1. The summed E-state index contributed by atoms with van der Waals surface area (Å²) < 4.78 is 19.7. The molecular weight excluding hydrogens is 337 g/mol. The van der Waals surface area contributed by atoms with E-state index in [1.165, 1.54) is 50.2 Å². The highest BCUT2D eigenvalue weighted by Crippen LogP contribution is 2.27. The highest BCUT2D eigenvalue weighted by molar-refractivity contribution is 5.33. The minimum atomic E-state index is -0.160. The fraction of sp³-hybridized carbons (Fsp3) is 0.500. The first kappa shape index (κ1) is 19.9. The molecule has 0 heterocycles. The monoisotopic (exact) mass is 369 g/mol. The fourth-order valence-electron chi connectivity index (χ4n) is 4.05. The minimum Gasteiger partial charge on any atom is -0.493 e. The van der Waals surface area contributed by atoms with Gasteiger partial charge < -0.3 is 10.1 Å². The van der Waals surface area contributed by atoms with Crippen LogP contribution in [0.4, 0.5) is 4.39 Å². The molecule has 1 aliphatic carbocycles. The van der Waals surface area contributed by atoms with Gasteiger partial charge in [-0.15, -0.1) is 0 Å². The lowest BCUT2D eigenvalue weighted by Crippen LogP contribution is -2.28. The molecule has 0 radical (unpaired) electrons. The van der Waals surface area contributed by atoms with Crippen LogP contribution in [0, 0.1) is 11.7 Å². The molecule has 0 saturated heterocycles. The van der Waals surface area contributed by atoms with Crippen LogP contribution in [0.2, 0.25) is 0 Å². The van der Waals surface area contributed by atoms with Crippen LogP contribution in [0.5, 0.6) is 5.75 Å². The molecule has 27 heavy (non-hydrogen) atoms. The van der Waals surface area contributed by atoms with Crippen molar-refractivity contribution in [3.63, 3.8) is 0 Å². The maximum atomic E-state index is 13.7. The number of halogens is 1. The zero-order valence-electron chi connectivity index (χ0n) is 16.4. The Kier molecular flexibility index (Phi) is 7.70. The van der Waals surface area contributed by atoms with Crippen LogP contribution in [0.15, 0.2) is 48.5 Å². The van der Waals surface area contributed by atoms with Gasteiger partial charge in [-0.1, -0.05) is 68.5 Å². The normalized spacial score (nSPS) is 16.2. The fourth-order valence-corrected chi connectivity index (χ4v) is 4.05. The van der Waals surface area contributed by atoms with Crippen molar-refractivity contribution in [2.24, 2.45) is 5.92 Å². The second-order valence-corrected chi connectivity index (χ2v) is 7.82. The van der Waals surface area contributed by atoms with Gasteiger partial charge in [0.15, 0.2) is 0 Å². The third-order valence-corrected chi connectivity index (χ3v) is 5.61. The standard InChI is InChI=1S/C24H32FNO/c1-19(17-20-9-3-2-4-10-20)26-18-22-12-6-8-14-24(22)27-16-15-21-11-5-7-13-23(21)25/h5-8,11-14,19-20,26H,2-4,9-10,15-18H2,1H3. The third-order valence-electron chi connectivity index (χ3n) is 5.61. The number of benzene rings is 2. The lowest BCUT2D eigenvalue weighted by molar-refractivity contribution is 0.300. The highest BCUT2D eigenvalue weighted by Gasteiger charge is 2.16. The molecule has 0 aromatic heterocycles. The highest BCUT2D eigenvalue weighted by atomic mass is 19.1. The SMILES string of the molecule is CC(CC1CCCCC1)NCc1ccccc1OCCc1ccccc1F. The van der Waals surface area contributed by atoms with Gasteiger partial charge in [0.2, 0.25) is 0 Å². The van der Waals surface area contributed by atoms with E-state index in [0.29, 0.717) is 24.6 Å². The number of hydrogen-bond donors (Lipinski definition) is 1. The van der Waals surface area contributed by atoms with Gasteiger partial charge >= 0.3 is 0 Å². The van der Waals surface area contributed by atoms with Crippen LogP contribution in [-0.2, 0) is 13.0 Å². The van der Waals surface area contributed by atoms with E-state index in [0.717, 1.165) is 18.2 Å². The van der Waals surface area contributed by atoms with E-state index in [-0.39, 0.29) is 5.82 Å². The molecule has 3 rings (SSSR count). The Balaban J connectivity index is 1.47. The first-order chi connectivity index (χ1) is 13.2. The molecule has 0 aliphatic heterocycles. The summed E-state index contributed by atoms with van der Waals surface area (Å²) in [5.74, 6) is 1.62. The van der Waals surface area contributed by atoms with E-state index in [2.05, 4.69) is 18.3 Å². The second kappa shape index (κ2) is 10.5. The molecule has 1 fully saturated rings. The van der Waals surface area contributed by atoms with Gasteiger partial charge in [-0.05, 0) is 37.0 Å². The van der Waals surface area contributed by atoms with Crippen molar-refractivity contribution in [2.45, 2.75) is 64.5 Å². The Morgan fingerprint density at radius 1 is 1.00 bits per heavy atom. The number of ether oxygens (including phenoxy) is 1. The second-order valence-electron chi connectivity index (χ2n) is 7.82. The first-order valence-electron chi connectivity index (χ1n) is 10.4.